The van der Waals surface area contributed by atoms with Crippen molar-refractivity contribution in [3.63, 3.8) is 0 Å². The van der Waals surface area contributed by atoms with Gasteiger partial charge in [-0.25, -0.2) is 9.59 Å². The molecule has 0 aromatic rings. The first-order valence-corrected chi connectivity index (χ1v) is 6.03. The molecule has 1 aliphatic heterocycles. The Morgan fingerprint density at radius 2 is 2.06 bits per heavy atom. The predicted octanol–water partition coefficient (Wildman–Crippen LogP) is 2.20. The third kappa shape index (κ3) is 2.91. The van der Waals surface area contributed by atoms with Crippen LogP contribution in [0.5, 0.6) is 0 Å². The first-order valence-electron chi connectivity index (χ1n) is 6.03. The number of aliphatic carboxylic acids is 1. The Balaban J connectivity index is 2.92. The number of nitrogens with zero attached hydrogens (tertiary/aromatic N) is 1. The van der Waals surface area contributed by atoms with E-state index in [1.165, 1.54) is 0 Å². The van der Waals surface area contributed by atoms with Crippen molar-refractivity contribution in [2.45, 2.75) is 51.2 Å². The average molecular weight is 261 g/mol. The third-order valence-corrected chi connectivity index (χ3v) is 3.01. The molecule has 0 aromatic heterocycles. The van der Waals surface area contributed by atoms with Crippen molar-refractivity contribution in [3.8, 4) is 0 Å². The molecule has 1 amide bonds. The van der Waals surface area contributed by atoms with Gasteiger partial charge in [-0.3, -0.25) is 9.29 Å². The van der Waals surface area contributed by atoms with Crippen LogP contribution in [0.1, 0.15) is 40.0 Å². The molecule has 5 nitrogen and oxygen atoms in total. The zero-order chi connectivity index (χ0) is 14.0. The van der Waals surface area contributed by atoms with Crippen molar-refractivity contribution in [1.82, 2.24) is 4.90 Å². The van der Waals surface area contributed by atoms with Crippen LogP contribution >= 0.6 is 0 Å². The van der Waals surface area contributed by atoms with Gasteiger partial charge in [0.1, 0.15) is 11.1 Å². The number of likely N-dealkylation sites (tertiary alicyclic amines) is 1. The normalized spacial score (nSPS) is 24.1. The minimum atomic E-state index is -1.45. The van der Waals surface area contributed by atoms with E-state index >= 15 is 0 Å². The van der Waals surface area contributed by atoms with Gasteiger partial charge in [-0.15, -0.1) is 0 Å². The lowest BCUT2D eigenvalue weighted by atomic mass is 9.93. The maximum atomic E-state index is 12.6. The molecule has 0 bridgehead atoms. The second-order valence-electron chi connectivity index (χ2n) is 5.51. The summed E-state index contributed by atoms with van der Waals surface area (Å²) in [5.41, 5.74) is -2.14. The van der Waals surface area contributed by atoms with Crippen LogP contribution in [0.4, 0.5) is 9.18 Å². The topological polar surface area (TPSA) is 66.8 Å². The van der Waals surface area contributed by atoms with Crippen molar-refractivity contribution in [3.05, 3.63) is 0 Å². The van der Waals surface area contributed by atoms with Crippen LogP contribution in [0.25, 0.3) is 0 Å². The molecule has 0 aromatic carbocycles. The number of halogens is 1. The quantitative estimate of drug-likeness (QED) is 0.845. The lowest BCUT2D eigenvalue weighted by molar-refractivity contribution is -0.150. The summed E-state index contributed by atoms with van der Waals surface area (Å²) in [5, 5.41) is 9.30. The van der Waals surface area contributed by atoms with Gasteiger partial charge in [0.15, 0.2) is 0 Å². The standard InChI is InChI=1S/C12H20FNO4/c1-11(2,3)18-10(17)14-8-4-5-12(14,6-7-13)9(15)16/h4-8H2,1-3H3,(H,15,16). The number of ether oxygens (including phenoxy) is 1. The first-order chi connectivity index (χ1) is 8.23. The van der Waals surface area contributed by atoms with Crippen LogP contribution in [-0.4, -0.2) is 46.4 Å². The van der Waals surface area contributed by atoms with Gasteiger partial charge in [-0.2, -0.15) is 0 Å². The van der Waals surface area contributed by atoms with E-state index in [-0.39, 0.29) is 12.8 Å². The second-order valence-corrected chi connectivity index (χ2v) is 5.51. The Kier molecular flexibility index (Phi) is 4.19. The highest BCUT2D eigenvalue weighted by Crippen LogP contribution is 2.34. The number of amides is 1. The molecule has 18 heavy (non-hydrogen) atoms. The lowest BCUT2D eigenvalue weighted by Gasteiger charge is -2.35. The fourth-order valence-electron chi connectivity index (χ4n) is 2.21. The van der Waals surface area contributed by atoms with Crippen LogP contribution in [0, 0.1) is 0 Å². The second kappa shape index (κ2) is 5.12. The maximum absolute atomic E-state index is 12.6. The van der Waals surface area contributed by atoms with Gasteiger partial charge in [-0.1, -0.05) is 0 Å². The highest BCUT2D eigenvalue weighted by molar-refractivity contribution is 5.85. The Hall–Kier alpha value is -1.33. The molecule has 1 heterocycles. The van der Waals surface area contributed by atoms with Crippen molar-refractivity contribution in [2.24, 2.45) is 0 Å². The Labute approximate surface area is 106 Å². The van der Waals surface area contributed by atoms with E-state index in [1.54, 1.807) is 20.8 Å². The van der Waals surface area contributed by atoms with Gasteiger partial charge < -0.3 is 9.84 Å². The molecular weight excluding hydrogens is 241 g/mol. The molecule has 0 spiro atoms. The number of alkyl halides is 1. The summed E-state index contributed by atoms with van der Waals surface area (Å²) in [6.07, 6.45) is -0.0608. The number of carboxylic acid groups (broad SMARTS) is 1. The highest BCUT2D eigenvalue weighted by atomic mass is 19.1. The van der Waals surface area contributed by atoms with E-state index in [2.05, 4.69) is 0 Å². The molecule has 0 aliphatic carbocycles. The number of rotatable bonds is 3. The third-order valence-electron chi connectivity index (χ3n) is 3.01. The molecule has 1 aliphatic rings. The van der Waals surface area contributed by atoms with Crippen LogP contribution in [0.3, 0.4) is 0 Å². The van der Waals surface area contributed by atoms with E-state index < -0.39 is 29.9 Å². The summed E-state index contributed by atoms with van der Waals surface area (Å²) >= 11 is 0. The molecule has 0 radical (unpaired) electrons. The summed E-state index contributed by atoms with van der Waals surface area (Å²) in [7, 11) is 0. The predicted molar refractivity (Wildman–Crippen MR) is 63.1 cm³/mol. The Morgan fingerprint density at radius 3 is 2.50 bits per heavy atom. The van der Waals surface area contributed by atoms with Gasteiger partial charge >= 0.3 is 12.1 Å². The molecule has 1 atom stereocenters. The van der Waals surface area contributed by atoms with Gasteiger partial charge in [0.05, 0.1) is 6.67 Å². The zero-order valence-electron chi connectivity index (χ0n) is 11.0. The first kappa shape index (κ1) is 14.7. The molecular formula is C12H20FNO4. The molecule has 1 rings (SSSR count). The van der Waals surface area contributed by atoms with Crippen molar-refractivity contribution >= 4 is 12.1 Å². The number of hydrogen-bond acceptors (Lipinski definition) is 3. The van der Waals surface area contributed by atoms with Gasteiger partial charge in [0.2, 0.25) is 0 Å². The average Bonchev–Trinajstić information content (AvgIpc) is 2.60. The number of carbonyl (C=O) groups is 2. The van der Waals surface area contributed by atoms with Gasteiger partial charge in [-0.05, 0) is 33.6 Å². The van der Waals surface area contributed by atoms with Gasteiger partial charge in [0, 0.05) is 13.0 Å². The number of hydrogen-bond donors (Lipinski definition) is 1. The molecule has 1 saturated heterocycles. The van der Waals surface area contributed by atoms with E-state index in [0.717, 1.165) is 4.90 Å². The van der Waals surface area contributed by atoms with Crippen LogP contribution in [0.2, 0.25) is 0 Å². The summed E-state index contributed by atoms with van der Waals surface area (Å²) in [5.74, 6) is -1.16. The number of carbonyl (C=O) groups excluding carboxylic acids is 1. The largest absolute Gasteiger partial charge is 0.479 e. The minimum absolute atomic E-state index is 0.193. The highest BCUT2D eigenvalue weighted by Gasteiger charge is 2.50. The molecule has 1 N–H and O–H groups in total. The van der Waals surface area contributed by atoms with E-state index in [1.807, 2.05) is 0 Å². The smallest absolute Gasteiger partial charge is 0.411 e. The Morgan fingerprint density at radius 1 is 1.44 bits per heavy atom. The zero-order valence-corrected chi connectivity index (χ0v) is 11.0. The lowest BCUT2D eigenvalue weighted by Crippen LogP contribution is -2.54. The van der Waals surface area contributed by atoms with Gasteiger partial charge in [0.25, 0.3) is 0 Å². The minimum Gasteiger partial charge on any atom is -0.479 e. The molecule has 1 unspecified atom stereocenters. The fraction of sp³-hybridized carbons (Fsp3) is 0.833. The molecule has 0 saturated carbocycles. The van der Waals surface area contributed by atoms with Crippen molar-refractivity contribution < 1.29 is 23.8 Å². The van der Waals surface area contributed by atoms with Crippen LogP contribution in [0.15, 0.2) is 0 Å². The van der Waals surface area contributed by atoms with Crippen LogP contribution in [-0.2, 0) is 9.53 Å². The summed E-state index contributed by atoms with van der Waals surface area (Å²) < 4.78 is 17.8. The molecule has 6 heteroatoms. The van der Waals surface area contributed by atoms with E-state index in [4.69, 9.17) is 4.74 Å². The van der Waals surface area contributed by atoms with E-state index in [0.29, 0.717) is 13.0 Å². The summed E-state index contributed by atoms with van der Waals surface area (Å²) in [4.78, 5) is 24.5. The fourth-order valence-corrected chi connectivity index (χ4v) is 2.21. The summed E-state index contributed by atoms with van der Waals surface area (Å²) in [6.45, 7) is 4.64. The Bertz CT molecular complexity index is 339. The van der Waals surface area contributed by atoms with Crippen molar-refractivity contribution in [1.29, 1.82) is 0 Å². The SMILES string of the molecule is CC(C)(C)OC(=O)N1CCCC1(CCF)C(=O)O. The monoisotopic (exact) mass is 261 g/mol. The van der Waals surface area contributed by atoms with E-state index in [9.17, 15) is 19.1 Å². The molecule has 1 fully saturated rings. The van der Waals surface area contributed by atoms with Crippen LogP contribution < -0.4 is 0 Å². The number of carboxylic acids is 1. The molecule has 104 valence electrons. The maximum Gasteiger partial charge on any atom is 0.411 e. The van der Waals surface area contributed by atoms with Crippen molar-refractivity contribution in [2.75, 3.05) is 13.2 Å². The summed E-state index contributed by atoms with van der Waals surface area (Å²) in [6, 6.07) is 0.